The molecule has 131 heavy (non-hydrogen) atoms. The third kappa shape index (κ3) is 79.4. The van der Waals surface area contributed by atoms with Crippen molar-refractivity contribution in [3.8, 4) is 22.3 Å². The number of anilines is 2. The second-order valence-corrected chi connectivity index (χ2v) is 190. The van der Waals surface area contributed by atoms with Gasteiger partial charge >= 0.3 is 0 Å². The molecule has 4 aromatic rings. The number of benzene rings is 4. The highest BCUT2D eigenvalue weighted by Crippen LogP contribution is 2.53. The molecule has 6 rings (SSSR count). The summed E-state index contributed by atoms with van der Waals surface area (Å²) in [4.78, 5) is 0. The Morgan fingerprint density at radius 1 is 0.160 bits per heavy atom. The van der Waals surface area contributed by atoms with Crippen LogP contribution < -0.4 is 5.32 Å². The van der Waals surface area contributed by atoms with Crippen molar-refractivity contribution in [3.63, 3.8) is 0 Å². The van der Waals surface area contributed by atoms with Crippen LogP contribution in [-0.2, 0) is 903 Å². The van der Waals surface area contributed by atoms with E-state index >= 15 is 0 Å². The summed E-state index contributed by atoms with van der Waals surface area (Å²) in [5.41, 5.74) is 13.4. The summed E-state index contributed by atoms with van der Waals surface area (Å²) in [7, 11) is 177. The van der Waals surface area contributed by atoms with Crippen molar-refractivity contribution in [2.24, 2.45) is 0 Å². The van der Waals surface area contributed by atoms with Crippen molar-refractivity contribution in [1.82, 2.24) is 0 Å². The second kappa shape index (κ2) is 107. The summed E-state index contributed by atoms with van der Waals surface area (Å²) < 4.78 is 0. The zero-order chi connectivity index (χ0) is 92.7. The fourth-order valence-electron chi connectivity index (χ4n) is 6.88. The summed E-state index contributed by atoms with van der Waals surface area (Å²) in [6, 6.07) is 31.2. The zero-order valence-electron chi connectivity index (χ0n) is 59.4. The van der Waals surface area contributed by atoms with Crippen molar-refractivity contribution in [2.75, 3.05) is 5.32 Å². The van der Waals surface area contributed by atoms with Crippen molar-refractivity contribution in [3.05, 3.63) is 107 Å². The maximum Gasteiger partial charge on any atom is 0.0467 e. The largest absolute Gasteiger partial charge is 0.355 e. The van der Waals surface area contributed by atoms with Crippen molar-refractivity contribution >= 4 is 904 Å². The molecule has 0 saturated heterocycles. The topological polar surface area (TPSA) is 12.0 Å². The van der Waals surface area contributed by atoms with Gasteiger partial charge in [-0.1, -0.05) is 94.4 Å². The molecule has 0 atom stereocenters. The van der Waals surface area contributed by atoms with E-state index in [0.29, 0.717) is 0 Å². The Hall–Kier alpha value is 18.7. The number of nitrogens with one attached hydrogen (secondary N) is 1. The minimum Gasteiger partial charge on any atom is -0.355 e. The Kier molecular flexibility index (Phi) is 115. The molecule has 0 fully saturated rings. The lowest BCUT2D eigenvalue weighted by Crippen LogP contribution is -2.15. The van der Waals surface area contributed by atoms with E-state index in [-0.39, 0.29) is 10.8 Å². The van der Waals surface area contributed by atoms with Gasteiger partial charge in [0.1, 0.15) is 0 Å². The fourth-order valence-corrected chi connectivity index (χ4v) is 270. The van der Waals surface area contributed by atoms with Gasteiger partial charge in [-0.05, 0) is 57.1 Å². The van der Waals surface area contributed by atoms with E-state index in [4.69, 9.17) is 22.4 Å². The molecule has 1 N–H and O–H groups in total. The Balaban J connectivity index is 0.000000800. The van der Waals surface area contributed by atoms with Crippen LogP contribution in [0, 0.1) is 0 Å². The first kappa shape index (κ1) is 140. The molecule has 0 saturated carbocycles. The van der Waals surface area contributed by atoms with E-state index in [2.05, 4.69) is 118 Å². The molecular weight excluding hydrogens is 3580 g/mol. The van der Waals surface area contributed by atoms with Gasteiger partial charge in [0.25, 0.3) is 0 Å². The van der Waals surface area contributed by atoms with Crippen LogP contribution in [0.4, 0.5) is 11.4 Å². The fraction of sp³-hybridized carbons (Fsp3) is 0.200. The normalized spacial score (nSPS) is 9.86. The molecule has 0 aromatic heterocycles. The Morgan fingerprint density at radius 3 is 0.527 bits per heavy atom. The SMILES string of the molecule is CC1(C)c2ccccc2-c2ccc(Nc3cccc4c3-c3ccccc3C4(C)C)cc21.S=S=S=S=S=S=S=S=S=S=S=S=S=S=S=S=S=S=S=S=S=S=S=S=S=S=S=S=S=S=S=S=S=S=S=S=S=S=S=S=S=S=S=S=S=S=S=S=S=S=S=S=S=S=S=S=S=S=S=S=S=S=S=S=S=S=S=S=S=S=S=S=S=S=S=S=S=S=S=S=S=S=S=S=S=S=S=S=S=S=S=S=S=S=S=S=S=S=S=S. The predicted molar refractivity (Wildman–Crippen MR) is 868 cm³/mol. The molecule has 2 aliphatic rings. The van der Waals surface area contributed by atoms with Crippen LogP contribution in [0.2, 0.25) is 0 Å². The standard InChI is InChI=1S/C30H27N.S100/c1-29(2)24-13-8-6-11-22(24)28-25(29)14-9-15-27(28)31-19-16-17-21-20-10-5-7-12-23(20)30(3,4)26(21)18-19;1-3-5-7-9-11-13-15-17-19-21-23-25-27-29-31-33-35-37-39-41-43-45-47-49-51-53-55-57-59-61-63-65-67-69-71-73-75-77-79-81-83-85-87-89-91-93-95-97-99-100-98-96-94-92-90-88-86-84-82-80-78-76-74-72-70-68-66-64-62-60-58-56-54-52-50-48-46-44-42-40-38-36-34-32-30-28-26-24-22-20-18-16-14-12-10-8-6-4-2/h5-18,31H,1-4H3;. The van der Waals surface area contributed by atoms with Crippen LogP contribution >= 0.6 is 0 Å². The average molecular weight is 3610 g/mol. The monoisotopic (exact) mass is 3600 g/mol. The first-order valence-corrected chi connectivity index (χ1v) is 160. The van der Waals surface area contributed by atoms with Gasteiger partial charge in [0.05, 0.1) is 0 Å². The minimum absolute atomic E-state index is 0.0108. The summed E-state index contributed by atoms with van der Waals surface area (Å²) in [6.07, 6.45) is 0. The van der Waals surface area contributed by atoms with Gasteiger partial charge in [-0.15, -0.1) is 0 Å². The van der Waals surface area contributed by atoms with E-state index < -0.39 is 0 Å². The summed E-state index contributed by atoms with van der Waals surface area (Å²) >= 11 is 9.66. The van der Waals surface area contributed by atoms with Gasteiger partial charge in [-0.3, -0.25) is 0 Å². The van der Waals surface area contributed by atoms with Gasteiger partial charge in [-0.25, -0.2) is 0 Å². The van der Waals surface area contributed by atoms with Crippen LogP contribution in [0.3, 0.4) is 0 Å². The van der Waals surface area contributed by atoms with Crippen molar-refractivity contribution in [1.29, 1.82) is 0 Å². The molecule has 0 radical (unpaired) electrons. The van der Waals surface area contributed by atoms with E-state index in [1.807, 2.05) is 746 Å². The lowest BCUT2D eigenvalue weighted by Gasteiger charge is -2.23. The van der Waals surface area contributed by atoms with Gasteiger partial charge < -0.3 is 5.32 Å². The van der Waals surface area contributed by atoms with Gasteiger partial charge in [0.2, 0.25) is 0 Å². The average Bonchev–Trinajstić information content (AvgIpc) is 1.58. The van der Waals surface area contributed by atoms with Crippen LogP contribution in [0.5, 0.6) is 0 Å². The molecule has 0 heterocycles. The smallest absolute Gasteiger partial charge is 0.0467 e. The highest BCUT2D eigenvalue weighted by molar-refractivity contribution is 8.87. The third-order valence-corrected chi connectivity index (χ3v) is 226. The maximum atomic E-state index is 4.83. The summed E-state index contributed by atoms with van der Waals surface area (Å²) in [5, 5.41) is 3.78. The van der Waals surface area contributed by atoms with Gasteiger partial charge in [0.15, 0.2) is 0 Å². The third-order valence-electron chi connectivity index (χ3n) is 10.2. The van der Waals surface area contributed by atoms with E-state index in [9.17, 15) is 0 Å². The highest BCUT2D eigenvalue weighted by atomic mass is 33.6. The van der Waals surface area contributed by atoms with Crippen molar-refractivity contribution in [2.45, 2.75) is 38.5 Å². The number of fused-ring (bicyclic) bond motifs is 6. The van der Waals surface area contributed by atoms with Crippen LogP contribution in [0.1, 0.15) is 49.9 Å². The summed E-state index contributed by atoms with van der Waals surface area (Å²) in [5.74, 6) is 0. The van der Waals surface area contributed by atoms with Gasteiger partial charge in [-0.2, -0.15) is 0 Å². The maximum absolute atomic E-state index is 4.83. The number of hydrogen-bond donors (Lipinski definition) is 1. The minimum atomic E-state index is 0.0108. The lowest BCUT2D eigenvalue weighted by molar-refractivity contribution is 0.660. The Bertz CT molecular complexity index is 9770. The molecule has 752 valence electrons. The molecule has 1 nitrogen and oxygen atoms in total. The molecule has 0 aliphatic heterocycles. The quantitative estimate of drug-likeness (QED) is 0.220. The molecule has 0 amide bonds. The molecule has 0 spiro atoms. The molecule has 0 bridgehead atoms. The Morgan fingerprint density at radius 2 is 0.321 bits per heavy atom. The number of hydrogen-bond acceptors (Lipinski definition) is 3. The highest BCUT2D eigenvalue weighted by Gasteiger charge is 2.37. The molecule has 2 aliphatic carbocycles. The van der Waals surface area contributed by atoms with E-state index in [1.54, 1.807) is 107 Å². The Labute approximate surface area is 1050 Å². The first-order chi connectivity index (χ1) is 64.8. The van der Waals surface area contributed by atoms with Gasteiger partial charge in [0, 0.05) is 920 Å². The zero-order valence-corrected chi connectivity index (χ0v) is 141. The summed E-state index contributed by atoms with van der Waals surface area (Å²) in [6.45, 7) is 9.33. The molecule has 4 aromatic carbocycles. The first-order valence-electron chi connectivity index (χ1n) is 27.6. The van der Waals surface area contributed by atoms with Crippen LogP contribution in [0.25, 0.3) is 22.3 Å². The van der Waals surface area contributed by atoms with E-state index in [0.717, 1.165) is 5.69 Å². The predicted octanol–water partition coefficient (Wildman–Crippen LogP) is 7.80. The molecule has 0 unspecified atom stereocenters. The van der Waals surface area contributed by atoms with E-state index in [1.165, 1.54) is 68.0 Å². The van der Waals surface area contributed by atoms with Crippen molar-refractivity contribution < 1.29 is 0 Å². The van der Waals surface area contributed by atoms with Crippen LogP contribution in [-0.4, -0.2) is 0 Å². The lowest BCUT2D eigenvalue weighted by atomic mass is 9.82. The number of rotatable bonds is 2. The molecule has 101 heteroatoms. The second-order valence-electron chi connectivity index (χ2n) is 16.6. The van der Waals surface area contributed by atoms with Crippen LogP contribution in [0.15, 0.2) is 84.9 Å². The molecular formula is C30H27NS100.